The van der Waals surface area contributed by atoms with Crippen molar-refractivity contribution in [3.63, 3.8) is 0 Å². The third-order valence-corrected chi connectivity index (χ3v) is 5.00. The van der Waals surface area contributed by atoms with E-state index in [1.54, 1.807) is 0 Å². The van der Waals surface area contributed by atoms with Gasteiger partial charge in [-0.15, -0.1) is 0 Å². The molecule has 1 nitrogen and oxygen atoms in total. The highest BCUT2D eigenvalue weighted by atomic mass is 32.2. The van der Waals surface area contributed by atoms with Gasteiger partial charge in [0.25, 0.3) is 0 Å². The zero-order valence-electron chi connectivity index (χ0n) is 10.0. The van der Waals surface area contributed by atoms with E-state index in [0.29, 0.717) is 4.75 Å². The van der Waals surface area contributed by atoms with E-state index in [4.69, 9.17) is 0 Å². The molecule has 0 saturated heterocycles. The van der Waals surface area contributed by atoms with Crippen molar-refractivity contribution < 1.29 is 0 Å². The third kappa shape index (κ3) is 3.02. The molecule has 2 rings (SSSR count). The predicted molar refractivity (Wildman–Crippen MR) is 73.1 cm³/mol. The van der Waals surface area contributed by atoms with Crippen molar-refractivity contribution in [2.45, 2.75) is 30.4 Å². The van der Waals surface area contributed by atoms with Crippen molar-refractivity contribution in [1.29, 1.82) is 0 Å². The lowest BCUT2D eigenvalue weighted by Crippen LogP contribution is -2.43. The van der Waals surface area contributed by atoms with Crippen LogP contribution in [0.15, 0.2) is 30.3 Å². The second kappa shape index (κ2) is 5.74. The highest BCUT2D eigenvalue weighted by molar-refractivity contribution is 8.00. The lowest BCUT2D eigenvalue weighted by atomic mass is 9.84. The number of thioether (sulfide) groups is 1. The van der Waals surface area contributed by atoms with Gasteiger partial charge in [0.05, 0.1) is 0 Å². The fourth-order valence-corrected chi connectivity index (χ4v) is 3.16. The molecule has 1 N–H and O–H groups in total. The van der Waals surface area contributed by atoms with Gasteiger partial charge in [0.2, 0.25) is 0 Å². The van der Waals surface area contributed by atoms with Crippen LogP contribution in [0.25, 0.3) is 0 Å². The van der Waals surface area contributed by atoms with Crippen LogP contribution in [-0.2, 0) is 6.42 Å². The van der Waals surface area contributed by atoms with Gasteiger partial charge in [-0.2, -0.15) is 11.8 Å². The van der Waals surface area contributed by atoms with Crippen LogP contribution in [0.1, 0.15) is 24.8 Å². The Labute approximate surface area is 103 Å². The van der Waals surface area contributed by atoms with Gasteiger partial charge in [-0.25, -0.2) is 0 Å². The van der Waals surface area contributed by atoms with E-state index in [9.17, 15) is 0 Å². The molecular weight excluding hydrogens is 214 g/mol. The van der Waals surface area contributed by atoms with Crippen molar-refractivity contribution in [3.8, 4) is 0 Å². The molecule has 88 valence electrons. The second-order valence-electron chi connectivity index (χ2n) is 4.65. The Balaban J connectivity index is 1.65. The molecule has 0 radical (unpaired) electrons. The molecule has 1 aliphatic carbocycles. The molecule has 1 saturated carbocycles. The lowest BCUT2D eigenvalue weighted by Gasteiger charge is -2.40. The minimum absolute atomic E-state index is 0.566. The van der Waals surface area contributed by atoms with Gasteiger partial charge in [-0.3, -0.25) is 0 Å². The Kier molecular flexibility index (Phi) is 4.30. The highest BCUT2D eigenvalue weighted by Crippen LogP contribution is 2.42. The summed E-state index contributed by atoms with van der Waals surface area (Å²) in [4.78, 5) is 0. The minimum atomic E-state index is 0.566. The molecule has 0 heterocycles. The smallest absolute Gasteiger partial charge is 0.0281 e. The Bertz CT molecular complexity index is 300. The average molecular weight is 235 g/mol. The van der Waals surface area contributed by atoms with Crippen molar-refractivity contribution in [2.75, 3.05) is 19.3 Å². The summed E-state index contributed by atoms with van der Waals surface area (Å²) in [5.74, 6) is 0. The zero-order chi connectivity index (χ0) is 11.3. The molecule has 1 aromatic rings. The van der Waals surface area contributed by atoms with Gasteiger partial charge in [0.15, 0.2) is 0 Å². The topological polar surface area (TPSA) is 12.0 Å². The van der Waals surface area contributed by atoms with Gasteiger partial charge in [0, 0.05) is 11.3 Å². The summed E-state index contributed by atoms with van der Waals surface area (Å²) in [5, 5.41) is 3.61. The first-order chi connectivity index (χ1) is 7.85. The quantitative estimate of drug-likeness (QED) is 0.760. The maximum absolute atomic E-state index is 3.61. The maximum Gasteiger partial charge on any atom is 0.0281 e. The fourth-order valence-electron chi connectivity index (χ4n) is 2.22. The zero-order valence-corrected chi connectivity index (χ0v) is 10.9. The number of benzene rings is 1. The first-order valence-electron chi connectivity index (χ1n) is 6.14. The van der Waals surface area contributed by atoms with E-state index >= 15 is 0 Å². The summed E-state index contributed by atoms with van der Waals surface area (Å²) in [5.41, 5.74) is 1.43. The van der Waals surface area contributed by atoms with E-state index in [2.05, 4.69) is 41.9 Å². The molecular formula is C14H21NS. The van der Waals surface area contributed by atoms with Crippen LogP contribution < -0.4 is 5.32 Å². The summed E-state index contributed by atoms with van der Waals surface area (Å²) in [6, 6.07) is 10.7. The number of rotatable bonds is 6. The average Bonchev–Trinajstić information content (AvgIpc) is 2.29. The summed E-state index contributed by atoms with van der Waals surface area (Å²) < 4.78 is 0.566. The summed E-state index contributed by atoms with van der Waals surface area (Å²) >= 11 is 2.04. The van der Waals surface area contributed by atoms with Gasteiger partial charge < -0.3 is 5.32 Å². The lowest BCUT2D eigenvalue weighted by molar-refractivity contribution is 0.347. The molecule has 0 aliphatic heterocycles. The Morgan fingerprint density at radius 2 is 2.00 bits per heavy atom. The fraction of sp³-hybridized carbons (Fsp3) is 0.571. The molecule has 1 fully saturated rings. The van der Waals surface area contributed by atoms with Gasteiger partial charge in [-0.1, -0.05) is 36.8 Å². The van der Waals surface area contributed by atoms with E-state index in [0.717, 1.165) is 13.0 Å². The van der Waals surface area contributed by atoms with Crippen molar-refractivity contribution in [3.05, 3.63) is 35.9 Å². The highest BCUT2D eigenvalue weighted by Gasteiger charge is 2.35. The standard InChI is InChI=1S/C14H21NS/c1-16-14(9-5-10-14)12-15-11-8-13-6-3-2-4-7-13/h2-4,6-7,15H,5,8-12H2,1H3. The first kappa shape index (κ1) is 12.0. The van der Waals surface area contributed by atoms with Gasteiger partial charge in [0.1, 0.15) is 0 Å². The van der Waals surface area contributed by atoms with Gasteiger partial charge in [-0.05, 0) is 37.6 Å². The second-order valence-corrected chi connectivity index (χ2v) is 5.93. The van der Waals surface area contributed by atoms with E-state index in [-0.39, 0.29) is 0 Å². The minimum Gasteiger partial charge on any atom is -0.315 e. The Hall–Kier alpha value is -0.470. The van der Waals surface area contributed by atoms with Crippen LogP contribution in [0.2, 0.25) is 0 Å². The molecule has 2 heteroatoms. The summed E-state index contributed by atoms with van der Waals surface area (Å²) in [6.07, 6.45) is 7.60. The normalized spacial score (nSPS) is 18.1. The molecule has 0 spiro atoms. The number of hydrogen-bond donors (Lipinski definition) is 1. The van der Waals surface area contributed by atoms with Gasteiger partial charge >= 0.3 is 0 Å². The van der Waals surface area contributed by atoms with Crippen LogP contribution in [-0.4, -0.2) is 24.1 Å². The van der Waals surface area contributed by atoms with Crippen molar-refractivity contribution in [2.24, 2.45) is 0 Å². The SMILES string of the molecule is CSC1(CNCCc2ccccc2)CCC1. The van der Waals surface area contributed by atoms with Crippen LogP contribution in [0.3, 0.4) is 0 Å². The van der Waals surface area contributed by atoms with E-state index < -0.39 is 0 Å². The summed E-state index contributed by atoms with van der Waals surface area (Å²) in [7, 11) is 0. The molecule has 0 bridgehead atoms. The summed E-state index contributed by atoms with van der Waals surface area (Å²) in [6.45, 7) is 2.29. The molecule has 0 amide bonds. The molecule has 1 aliphatic rings. The first-order valence-corrected chi connectivity index (χ1v) is 7.37. The molecule has 0 aromatic heterocycles. The molecule has 16 heavy (non-hydrogen) atoms. The van der Waals surface area contributed by atoms with Crippen LogP contribution in [0.4, 0.5) is 0 Å². The van der Waals surface area contributed by atoms with E-state index in [1.807, 2.05) is 11.8 Å². The van der Waals surface area contributed by atoms with Crippen LogP contribution in [0.5, 0.6) is 0 Å². The van der Waals surface area contributed by atoms with Crippen molar-refractivity contribution in [1.82, 2.24) is 5.32 Å². The molecule has 0 unspecified atom stereocenters. The Morgan fingerprint density at radius 1 is 1.25 bits per heavy atom. The largest absolute Gasteiger partial charge is 0.315 e. The predicted octanol–water partition coefficient (Wildman–Crippen LogP) is 3.10. The van der Waals surface area contributed by atoms with Crippen molar-refractivity contribution >= 4 is 11.8 Å². The Morgan fingerprint density at radius 3 is 2.56 bits per heavy atom. The van der Waals surface area contributed by atoms with Crippen LogP contribution in [0, 0.1) is 0 Å². The molecule has 1 aromatic carbocycles. The number of nitrogens with one attached hydrogen (secondary N) is 1. The number of hydrogen-bond acceptors (Lipinski definition) is 2. The van der Waals surface area contributed by atoms with Crippen LogP contribution >= 0.6 is 11.8 Å². The maximum atomic E-state index is 3.61. The monoisotopic (exact) mass is 235 g/mol. The van der Waals surface area contributed by atoms with E-state index in [1.165, 1.54) is 31.4 Å². The third-order valence-electron chi connectivity index (χ3n) is 3.58. The molecule has 0 atom stereocenters.